The standard InChI is InChI=1S/C40H31N3/c1-29(31-14-4-2-5-15-31)42-40(33-16-6-3-7-17-33)41-28-30-13-12-18-34(27-30)32-23-25-35(26-24-32)43-38-21-10-8-19-36(38)37-20-9-11-22-39(37)43/h2-27H,28H2,1H3. The normalized spacial score (nSPS) is 12.2. The van der Waals surface area contributed by atoms with Crippen LogP contribution >= 0.6 is 0 Å². The van der Waals surface area contributed by atoms with Crippen LogP contribution in [0.4, 0.5) is 0 Å². The molecule has 0 bridgehead atoms. The fourth-order valence-electron chi connectivity index (χ4n) is 5.70. The molecule has 3 nitrogen and oxygen atoms in total. The molecule has 0 amide bonds. The largest absolute Gasteiger partial charge is 0.309 e. The number of nitrogens with zero attached hydrogens (tertiary/aromatic N) is 3. The molecule has 43 heavy (non-hydrogen) atoms. The van der Waals surface area contributed by atoms with Crippen molar-refractivity contribution in [2.24, 2.45) is 9.98 Å². The predicted molar refractivity (Wildman–Crippen MR) is 182 cm³/mol. The summed E-state index contributed by atoms with van der Waals surface area (Å²) in [6.07, 6.45) is 0. The Morgan fingerprint density at radius 2 is 1.12 bits per heavy atom. The monoisotopic (exact) mass is 553 g/mol. The minimum atomic E-state index is 0.545. The summed E-state index contributed by atoms with van der Waals surface area (Å²) < 4.78 is 2.35. The van der Waals surface area contributed by atoms with Crippen LogP contribution < -0.4 is 0 Å². The molecule has 0 aliphatic rings. The van der Waals surface area contributed by atoms with Gasteiger partial charge in [0, 0.05) is 27.7 Å². The third-order valence-corrected chi connectivity index (χ3v) is 7.87. The summed E-state index contributed by atoms with van der Waals surface area (Å²) in [6.45, 7) is 2.58. The molecule has 0 radical (unpaired) electrons. The van der Waals surface area contributed by atoms with Crippen LogP contribution in [0.15, 0.2) is 168 Å². The Morgan fingerprint density at radius 1 is 0.535 bits per heavy atom. The van der Waals surface area contributed by atoms with E-state index in [9.17, 15) is 0 Å². The maximum absolute atomic E-state index is 5.00. The van der Waals surface area contributed by atoms with Crippen molar-refractivity contribution in [3.05, 3.63) is 174 Å². The molecule has 0 N–H and O–H groups in total. The number of hydrogen-bond donors (Lipinski definition) is 0. The van der Waals surface area contributed by atoms with E-state index in [-0.39, 0.29) is 0 Å². The highest BCUT2D eigenvalue weighted by molar-refractivity contribution is 6.11. The van der Waals surface area contributed by atoms with Crippen LogP contribution in [0.3, 0.4) is 0 Å². The maximum Gasteiger partial charge on any atom is 0.155 e. The summed E-state index contributed by atoms with van der Waals surface area (Å²) in [5.41, 5.74) is 10.1. The summed E-state index contributed by atoms with van der Waals surface area (Å²) in [5, 5.41) is 2.54. The zero-order valence-electron chi connectivity index (χ0n) is 24.1. The highest BCUT2D eigenvalue weighted by Gasteiger charge is 2.11. The Kier molecular flexibility index (Phi) is 7.21. The first-order valence-corrected chi connectivity index (χ1v) is 14.6. The van der Waals surface area contributed by atoms with Gasteiger partial charge in [0.15, 0.2) is 5.84 Å². The second-order valence-electron chi connectivity index (χ2n) is 10.7. The first-order chi connectivity index (χ1) is 21.2. The molecule has 0 aliphatic heterocycles. The van der Waals surface area contributed by atoms with Gasteiger partial charge in [0.25, 0.3) is 0 Å². The van der Waals surface area contributed by atoms with E-state index < -0.39 is 0 Å². The molecule has 6 aromatic carbocycles. The average Bonchev–Trinajstić information content (AvgIpc) is 3.42. The van der Waals surface area contributed by atoms with E-state index >= 15 is 0 Å². The molecular formula is C40H31N3. The van der Waals surface area contributed by atoms with E-state index in [0.717, 1.165) is 33.9 Å². The lowest BCUT2D eigenvalue weighted by atomic mass is 10.0. The van der Waals surface area contributed by atoms with Gasteiger partial charge in [-0.2, -0.15) is 0 Å². The van der Waals surface area contributed by atoms with Crippen LogP contribution in [-0.4, -0.2) is 16.1 Å². The fraction of sp³-hybridized carbons (Fsp3) is 0.0500. The molecule has 0 fully saturated rings. The number of para-hydroxylation sites is 2. The molecule has 7 aromatic rings. The Labute approximate surface area is 252 Å². The van der Waals surface area contributed by atoms with E-state index in [2.05, 4.69) is 126 Å². The van der Waals surface area contributed by atoms with Gasteiger partial charge in [0.1, 0.15) is 0 Å². The molecule has 0 unspecified atom stereocenters. The fourth-order valence-corrected chi connectivity index (χ4v) is 5.70. The second-order valence-corrected chi connectivity index (χ2v) is 10.7. The summed E-state index contributed by atoms with van der Waals surface area (Å²) >= 11 is 0. The van der Waals surface area contributed by atoms with Crippen molar-refractivity contribution >= 4 is 33.4 Å². The van der Waals surface area contributed by atoms with Crippen LogP contribution in [-0.2, 0) is 6.54 Å². The van der Waals surface area contributed by atoms with Crippen molar-refractivity contribution in [1.82, 2.24) is 4.57 Å². The second kappa shape index (κ2) is 11.8. The van der Waals surface area contributed by atoms with Gasteiger partial charge in [-0.15, -0.1) is 0 Å². The number of benzene rings is 6. The van der Waals surface area contributed by atoms with E-state index in [1.165, 1.54) is 32.9 Å². The van der Waals surface area contributed by atoms with Crippen molar-refractivity contribution < 1.29 is 0 Å². The zero-order valence-corrected chi connectivity index (χ0v) is 24.1. The van der Waals surface area contributed by atoms with Gasteiger partial charge in [-0.25, -0.2) is 4.99 Å². The van der Waals surface area contributed by atoms with Gasteiger partial charge < -0.3 is 4.57 Å². The molecule has 7 rings (SSSR count). The topological polar surface area (TPSA) is 29.6 Å². The van der Waals surface area contributed by atoms with Crippen LogP contribution in [0.5, 0.6) is 0 Å². The quantitative estimate of drug-likeness (QED) is 0.145. The molecule has 1 heterocycles. The van der Waals surface area contributed by atoms with E-state index in [0.29, 0.717) is 6.54 Å². The van der Waals surface area contributed by atoms with Gasteiger partial charge in [0.05, 0.1) is 17.6 Å². The lowest BCUT2D eigenvalue weighted by molar-refractivity contribution is 1.06. The van der Waals surface area contributed by atoms with E-state index in [1.54, 1.807) is 0 Å². The Balaban J connectivity index is 1.19. The Morgan fingerprint density at radius 3 is 1.77 bits per heavy atom. The van der Waals surface area contributed by atoms with Crippen LogP contribution in [0.25, 0.3) is 38.6 Å². The highest BCUT2D eigenvalue weighted by Crippen LogP contribution is 2.32. The van der Waals surface area contributed by atoms with Crippen LogP contribution in [0.1, 0.15) is 23.6 Å². The van der Waals surface area contributed by atoms with Gasteiger partial charge in [-0.3, -0.25) is 4.99 Å². The molecule has 206 valence electrons. The van der Waals surface area contributed by atoms with E-state index in [4.69, 9.17) is 9.98 Å². The van der Waals surface area contributed by atoms with Crippen molar-refractivity contribution in [1.29, 1.82) is 0 Å². The van der Waals surface area contributed by atoms with Crippen LogP contribution in [0.2, 0.25) is 0 Å². The minimum absolute atomic E-state index is 0.545. The van der Waals surface area contributed by atoms with Gasteiger partial charge >= 0.3 is 0 Å². The SMILES string of the molecule is CC(=NC(=NCc1cccc(-c2ccc(-n3c4ccccc4c4ccccc43)cc2)c1)c1ccccc1)c1ccccc1. The average molecular weight is 554 g/mol. The molecular weight excluding hydrogens is 522 g/mol. The first-order valence-electron chi connectivity index (χ1n) is 14.6. The van der Waals surface area contributed by atoms with Crippen molar-refractivity contribution in [3.63, 3.8) is 0 Å². The summed E-state index contributed by atoms with van der Waals surface area (Å²) in [7, 11) is 0. The predicted octanol–water partition coefficient (Wildman–Crippen LogP) is 9.91. The third kappa shape index (κ3) is 5.41. The van der Waals surface area contributed by atoms with Crippen molar-refractivity contribution in [2.45, 2.75) is 13.5 Å². The molecule has 0 saturated heterocycles. The lowest BCUT2D eigenvalue weighted by Gasteiger charge is -2.10. The number of hydrogen-bond acceptors (Lipinski definition) is 1. The first kappa shape index (κ1) is 26.4. The number of aliphatic imine (C=N–C) groups is 2. The summed E-state index contributed by atoms with van der Waals surface area (Å²) in [5.74, 6) is 0.739. The maximum atomic E-state index is 5.00. The molecule has 0 saturated carbocycles. The highest BCUT2D eigenvalue weighted by atomic mass is 15.0. The number of rotatable bonds is 6. The summed E-state index contributed by atoms with van der Waals surface area (Å²) in [6, 6.07) is 55.2. The van der Waals surface area contributed by atoms with Crippen LogP contribution in [0, 0.1) is 0 Å². The molecule has 3 heteroatoms. The molecule has 0 aliphatic carbocycles. The molecule has 0 atom stereocenters. The number of fused-ring (bicyclic) bond motifs is 3. The molecule has 1 aromatic heterocycles. The zero-order chi connectivity index (χ0) is 29.0. The van der Waals surface area contributed by atoms with Crippen molar-refractivity contribution in [2.75, 3.05) is 0 Å². The van der Waals surface area contributed by atoms with E-state index in [1.807, 2.05) is 43.3 Å². The van der Waals surface area contributed by atoms with Gasteiger partial charge in [-0.1, -0.05) is 127 Å². The van der Waals surface area contributed by atoms with Gasteiger partial charge in [0.2, 0.25) is 0 Å². The van der Waals surface area contributed by atoms with Crippen molar-refractivity contribution in [3.8, 4) is 16.8 Å². The third-order valence-electron chi connectivity index (χ3n) is 7.87. The molecule has 0 spiro atoms. The lowest BCUT2D eigenvalue weighted by Crippen LogP contribution is -2.04. The summed E-state index contributed by atoms with van der Waals surface area (Å²) in [4.78, 5) is 9.95. The Bertz CT molecular complexity index is 2030. The smallest absolute Gasteiger partial charge is 0.155 e. The Hall–Kier alpha value is -5.54. The number of amidine groups is 1. The minimum Gasteiger partial charge on any atom is -0.309 e. The number of aromatic nitrogens is 1. The van der Waals surface area contributed by atoms with Gasteiger partial charge in [-0.05, 0) is 59.5 Å².